The van der Waals surface area contributed by atoms with Crippen LogP contribution >= 0.6 is 15.9 Å². The van der Waals surface area contributed by atoms with Gasteiger partial charge in [0.25, 0.3) is 0 Å². The minimum absolute atomic E-state index is 0.245. The molecule has 0 aliphatic heterocycles. The van der Waals surface area contributed by atoms with Crippen molar-refractivity contribution in [1.29, 1.82) is 0 Å². The predicted molar refractivity (Wildman–Crippen MR) is 85.0 cm³/mol. The Morgan fingerprint density at radius 3 is 2.80 bits per heavy atom. The molecule has 0 spiro atoms. The Hall–Kier alpha value is -0.840. The van der Waals surface area contributed by atoms with Crippen LogP contribution in [0.15, 0.2) is 10.7 Å². The second-order valence-electron chi connectivity index (χ2n) is 6.08. The topological polar surface area (TPSA) is 47.0 Å². The van der Waals surface area contributed by atoms with Crippen LogP contribution in [0.3, 0.4) is 0 Å². The first-order chi connectivity index (χ1) is 9.51. The summed E-state index contributed by atoms with van der Waals surface area (Å²) in [5.41, 5.74) is 0. The van der Waals surface area contributed by atoms with E-state index < -0.39 is 0 Å². The van der Waals surface area contributed by atoms with Crippen molar-refractivity contribution in [2.75, 3.05) is 12.4 Å². The fraction of sp³-hybridized carbons (Fsp3) is 0.733. The third-order valence-corrected chi connectivity index (χ3v) is 4.70. The molecule has 1 saturated carbocycles. The second-order valence-corrected chi connectivity index (χ2v) is 6.93. The molecule has 1 aliphatic carbocycles. The predicted octanol–water partition coefficient (Wildman–Crippen LogP) is 4.12. The van der Waals surface area contributed by atoms with Crippen LogP contribution in [0, 0.1) is 17.8 Å². The summed E-state index contributed by atoms with van der Waals surface area (Å²) in [7, 11) is 1.81. The number of aromatic nitrogens is 2. The molecular formula is C15H24BrN3O. The summed E-state index contributed by atoms with van der Waals surface area (Å²) < 4.78 is 7.05. The maximum Gasteiger partial charge on any atom is 0.233 e. The Bertz CT molecular complexity index is 453. The van der Waals surface area contributed by atoms with E-state index in [0.717, 1.165) is 16.8 Å². The van der Waals surface area contributed by atoms with E-state index in [-0.39, 0.29) is 6.10 Å². The van der Waals surface area contributed by atoms with Gasteiger partial charge in [-0.25, -0.2) is 4.98 Å². The van der Waals surface area contributed by atoms with Crippen LogP contribution in [-0.4, -0.2) is 23.1 Å². The molecule has 0 aromatic carbocycles. The molecule has 0 amide bonds. The van der Waals surface area contributed by atoms with Crippen LogP contribution in [0.5, 0.6) is 5.88 Å². The molecule has 4 nitrogen and oxygen atoms in total. The summed E-state index contributed by atoms with van der Waals surface area (Å²) in [5.74, 6) is 3.20. The Kier molecular flexibility index (Phi) is 5.24. The maximum absolute atomic E-state index is 6.23. The van der Waals surface area contributed by atoms with Crippen LogP contribution in [0.4, 0.5) is 5.95 Å². The van der Waals surface area contributed by atoms with Crippen molar-refractivity contribution in [2.45, 2.75) is 46.1 Å². The van der Waals surface area contributed by atoms with Gasteiger partial charge < -0.3 is 10.1 Å². The molecule has 5 heteroatoms. The normalized spacial score (nSPS) is 26.6. The molecule has 1 aliphatic rings. The van der Waals surface area contributed by atoms with Gasteiger partial charge in [-0.2, -0.15) is 4.98 Å². The fourth-order valence-electron chi connectivity index (χ4n) is 2.95. The van der Waals surface area contributed by atoms with E-state index in [1.54, 1.807) is 6.20 Å². The van der Waals surface area contributed by atoms with Crippen molar-refractivity contribution in [3.05, 3.63) is 10.7 Å². The smallest absolute Gasteiger partial charge is 0.233 e. The molecule has 1 aromatic rings. The first kappa shape index (κ1) is 15.5. The molecule has 1 N–H and O–H groups in total. The van der Waals surface area contributed by atoms with Crippen molar-refractivity contribution in [3.63, 3.8) is 0 Å². The van der Waals surface area contributed by atoms with E-state index in [4.69, 9.17) is 4.74 Å². The van der Waals surface area contributed by atoms with E-state index >= 15 is 0 Å². The molecule has 0 radical (unpaired) electrons. The van der Waals surface area contributed by atoms with E-state index in [9.17, 15) is 0 Å². The highest BCUT2D eigenvalue weighted by Gasteiger charge is 2.33. The number of rotatable bonds is 4. The van der Waals surface area contributed by atoms with Crippen LogP contribution in [0.1, 0.15) is 40.0 Å². The maximum atomic E-state index is 6.23. The van der Waals surface area contributed by atoms with Crippen LogP contribution in [-0.2, 0) is 0 Å². The van der Waals surface area contributed by atoms with Gasteiger partial charge in [0.15, 0.2) is 0 Å². The number of nitrogens with zero attached hydrogens (tertiary/aromatic N) is 2. The van der Waals surface area contributed by atoms with Gasteiger partial charge in [-0.15, -0.1) is 0 Å². The molecule has 1 fully saturated rings. The summed E-state index contributed by atoms with van der Waals surface area (Å²) in [6, 6.07) is 0. The standard InChI is InChI=1S/C15H24BrN3O/c1-9(2)11-6-5-10(3)7-13(11)20-14-12(16)8-18-15(17-4)19-14/h8-11,13H,5-7H2,1-4H3,(H,17,18,19). The van der Waals surface area contributed by atoms with Crippen molar-refractivity contribution in [2.24, 2.45) is 17.8 Å². The van der Waals surface area contributed by atoms with Gasteiger partial charge in [0.2, 0.25) is 11.8 Å². The van der Waals surface area contributed by atoms with Crippen LogP contribution in [0.2, 0.25) is 0 Å². The number of hydrogen-bond acceptors (Lipinski definition) is 4. The van der Waals surface area contributed by atoms with Crippen LogP contribution in [0.25, 0.3) is 0 Å². The quantitative estimate of drug-likeness (QED) is 0.894. The molecular weight excluding hydrogens is 318 g/mol. The summed E-state index contributed by atoms with van der Waals surface area (Å²) >= 11 is 3.48. The zero-order valence-corrected chi connectivity index (χ0v) is 14.3. The molecule has 1 aromatic heterocycles. The lowest BCUT2D eigenvalue weighted by Crippen LogP contribution is -2.36. The monoisotopic (exact) mass is 341 g/mol. The molecule has 2 rings (SSSR count). The second kappa shape index (κ2) is 6.74. The molecule has 112 valence electrons. The van der Waals surface area contributed by atoms with Gasteiger partial charge >= 0.3 is 0 Å². The lowest BCUT2D eigenvalue weighted by molar-refractivity contribution is 0.0420. The number of nitrogens with one attached hydrogen (secondary N) is 1. The van der Waals surface area contributed by atoms with Gasteiger partial charge in [-0.3, -0.25) is 0 Å². The lowest BCUT2D eigenvalue weighted by Gasteiger charge is -2.37. The Balaban J connectivity index is 2.17. The molecule has 1 heterocycles. The summed E-state index contributed by atoms with van der Waals surface area (Å²) in [4.78, 5) is 8.58. The van der Waals surface area contributed by atoms with Gasteiger partial charge in [0, 0.05) is 7.05 Å². The van der Waals surface area contributed by atoms with Crippen molar-refractivity contribution < 1.29 is 4.74 Å². The lowest BCUT2D eigenvalue weighted by atomic mass is 9.75. The van der Waals surface area contributed by atoms with Crippen molar-refractivity contribution in [3.8, 4) is 5.88 Å². The number of halogens is 1. The highest BCUT2D eigenvalue weighted by molar-refractivity contribution is 9.10. The SMILES string of the molecule is CNc1ncc(Br)c(OC2CC(C)CCC2C(C)C)n1. The minimum atomic E-state index is 0.245. The van der Waals surface area contributed by atoms with Crippen molar-refractivity contribution in [1.82, 2.24) is 9.97 Å². The Labute approximate surface area is 129 Å². The zero-order chi connectivity index (χ0) is 14.7. The summed E-state index contributed by atoms with van der Waals surface area (Å²) in [5, 5.41) is 2.95. The van der Waals surface area contributed by atoms with E-state index in [0.29, 0.717) is 23.7 Å². The number of anilines is 1. The molecule has 20 heavy (non-hydrogen) atoms. The third-order valence-electron chi connectivity index (χ3n) is 4.16. The molecule has 0 saturated heterocycles. The highest BCUT2D eigenvalue weighted by atomic mass is 79.9. The van der Waals surface area contributed by atoms with Gasteiger partial charge in [-0.1, -0.05) is 27.2 Å². The average Bonchev–Trinajstić information content (AvgIpc) is 2.41. The average molecular weight is 342 g/mol. The van der Waals surface area contributed by atoms with Gasteiger partial charge in [0.1, 0.15) is 6.10 Å². The van der Waals surface area contributed by atoms with E-state index in [1.165, 1.54) is 12.8 Å². The first-order valence-electron chi connectivity index (χ1n) is 7.38. The molecule has 3 unspecified atom stereocenters. The zero-order valence-electron chi connectivity index (χ0n) is 12.7. The van der Waals surface area contributed by atoms with E-state index in [1.807, 2.05) is 7.05 Å². The molecule has 3 atom stereocenters. The highest BCUT2D eigenvalue weighted by Crippen LogP contribution is 2.37. The largest absolute Gasteiger partial charge is 0.473 e. The van der Waals surface area contributed by atoms with Crippen LogP contribution < -0.4 is 10.1 Å². The Morgan fingerprint density at radius 2 is 2.15 bits per heavy atom. The summed E-state index contributed by atoms with van der Waals surface area (Å²) in [6.07, 6.45) is 5.63. The number of ether oxygens (including phenoxy) is 1. The van der Waals surface area contributed by atoms with Gasteiger partial charge in [-0.05, 0) is 46.5 Å². The minimum Gasteiger partial charge on any atom is -0.473 e. The fourth-order valence-corrected chi connectivity index (χ4v) is 3.23. The van der Waals surface area contributed by atoms with Crippen molar-refractivity contribution >= 4 is 21.9 Å². The first-order valence-corrected chi connectivity index (χ1v) is 8.17. The van der Waals surface area contributed by atoms with E-state index in [2.05, 4.69) is 52.0 Å². The number of hydrogen-bond donors (Lipinski definition) is 1. The van der Waals surface area contributed by atoms with Gasteiger partial charge in [0.05, 0.1) is 10.7 Å². The Morgan fingerprint density at radius 1 is 1.40 bits per heavy atom. The summed E-state index contributed by atoms with van der Waals surface area (Å²) in [6.45, 7) is 6.87. The molecule has 0 bridgehead atoms. The third kappa shape index (κ3) is 3.62.